The summed E-state index contributed by atoms with van der Waals surface area (Å²) in [5.41, 5.74) is 0. The van der Waals surface area contributed by atoms with Crippen LogP contribution in [0.25, 0.3) is 0 Å². The van der Waals surface area contributed by atoms with E-state index in [-0.39, 0.29) is 18.9 Å². The van der Waals surface area contributed by atoms with Gasteiger partial charge < -0.3 is 13.3 Å². The Morgan fingerprint density at radius 2 is 1.18 bits per heavy atom. The van der Waals surface area contributed by atoms with Crippen molar-refractivity contribution in [2.45, 2.75) is 49.7 Å². The van der Waals surface area contributed by atoms with Gasteiger partial charge in [-0.2, -0.15) is 30.7 Å². The van der Waals surface area contributed by atoms with E-state index < -0.39 is 39.7 Å². The van der Waals surface area contributed by atoms with Crippen molar-refractivity contribution >= 4 is 8.80 Å². The number of rotatable bonds is 10. The van der Waals surface area contributed by atoms with Crippen LogP contribution >= 0.6 is 0 Å². The van der Waals surface area contributed by atoms with E-state index >= 15 is 0 Å². The predicted octanol–water partition coefficient (Wildman–Crippen LogP) is 4.26. The fraction of sp³-hybridized carbons (Fsp3) is 1.00. The fourth-order valence-electron chi connectivity index (χ4n) is 1.79. The summed E-state index contributed by atoms with van der Waals surface area (Å²) in [5, 5.41) is 0. The molecule has 0 heterocycles. The molecular formula is C11H19F7O3Si. The van der Waals surface area contributed by atoms with Gasteiger partial charge in [-0.25, -0.2) is 0 Å². The zero-order valence-electron chi connectivity index (χ0n) is 12.4. The Morgan fingerprint density at radius 3 is 1.55 bits per heavy atom. The first-order chi connectivity index (χ1) is 9.89. The Labute approximate surface area is 125 Å². The highest BCUT2D eigenvalue weighted by atomic mass is 28.4. The Bertz CT molecular complexity index is 324. The molecule has 0 bridgehead atoms. The van der Waals surface area contributed by atoms with Gasteiger partial charge in [0.25, 0.3) is 0 Å². The molecule has 0 radical (unpaired) electrons. The minimum atomic E-state index is -6.28. The normalized spacial score (nSPS) is 14.5. The first kappa shape index (κ1) is 21.6. The number of hydrogen-bond donors (Lipinski definition) is 0. The topological polar surface area (TPSA) is 27.7 Å². The van der Waals surface area contributed by atoms with Crippen LogP contribution in [0, 0.1) is 0 Å². The molecule has 0 unspecified atom stereocenters. The van der Waals surface area contributed by atoms with Crippen molar-refractivity contribution < 1.29 is 44.0 Å². The molecule has 0 fully saturated rings. The lowest BCUT2D eigenvalue weighted by Gasteiger charge is -2.28. The van der Waals surface area contributed by atoms with Gasteiger partial charge in [-0.15, -0.1) is 0 Å². The lowest BCUT2D eigenvalue weighted by Crippen LogP contribution is -2.51. The highest BCUT2D eigenvalue weighted by Gasteiger charge is 2.72. The molecule has 0 atom stereocenters. The Kier molecular flexibility index (Phi) is 7.79. The van der Waals surface area contributed by atoms with Crippen molar-refractivity contribution in [2.24, 2.45) is 0 Å². The number of alkyl halides is 7. The van der Waals surface area contributed by atoms with Crippen LogP contribution in [-0.2, 0) is 13.3 Å². The Hall–Kier alpha value is -0.393. The van der Waals surface area contributed by atoms with Crippen LogP contribution in [0.15, 0.2) is 0 Å². The van der Waals surface area contributed by atoms with E-state index in [4.69, 9.17) is 13.3 Å². The summed E-state index contributed by atoms with van der Waals surface area (Å²) in [4.78, 5) is 0. The first-order valence-electron chi connectivity index (χ1n) is 6.37. The first-order valence-corrected chi connectivity index (χ1v) is 8.30. The maximum atomic E-state index is 13.0. The third-order valence-electron chi connectivity index (χ3n) is 3.22. The van der Waals surface area contributed by atoms with Gasteiger partial charge >= 0.3 is 26.8 Å². The van der Waals surface area contributed by atoms with E-state index in [1.54, 1.807) is 0 Å². The van der Waals surface area contributed by atoms with Crippen LogP contribution in [-0.4, -0.2) is 48.2 Å². The van der Waals surface area contributed by atoms with Crippen molar-refractivity contribution in [3.05, 3.63) is 0 Å². The van der Waals surface area contributed by atoms with Crippen molar-refractivity contribution in [3.63, 3.8) is 0 Å². The molecule has 134 valence electrons. The van der Waals surface area contributed by atoms with Crippen LogP contribution in [0.4, 0.5) is 30.7 Å². The van der Waals surface area contributed by atoms with Crippen LogP contribution in [0.2, 0.25) is 6.04 Å². The van der Waals surface area contributed by atoms with Gasteiger partial charge in [0, 0.05) is 33.8 Å². The van der Waals surface area contributed by atoms with E-state index in [2.05, 4.69) is 0 Å². The molecule has 0 aliphatic heterocycles. The van der Waals surface area contributed by atoms with E-state index in [1.165, 1.54) is 21.3 Å². The van der Waals surface area contributed by atoms with Crippen molar-refractivity contribution in [1.29, 1.82) is 0 Å². The van der Waals surface area contributed by atoms with Gasteiger partial charge in [-0.05, 0) is 12.8 Å². The van der Waals surface area contributed by atoms with Gasteiger partial charge in [-0.1, -0.05) is 6.42 Å². The molecule has 0 aromatic rings. The molecule has 0 aliphatic carbocycles. The molecule has 11 heteroatoms. The molecule has 0 amide bonds. The molecule has 0 aromatic heterocycles. The summed E-state index contributed by atoms with van der Waals surface area (Å²) in [7, 11) is 1.14. The Balaban J connectivity index is 4.37. The van der Waals surface area contributed by atoms with Crippen LogP contribution in [0.5, 0.6) is 0 Å². The van der Waals surface area contributed by atoms with Crippen LogP contribution in [0.1, 0.15) is 25.7 Å². The van der Waals surface area contributed by atoms with E-state index in [0.717, 1.165) is 0 Å². The summed E-state index contributed by atoms with van der Waals surface area (Å²) in [6, 6.07) is 0.248. The third kappa shape index (κ3) is 5.07. The van der Waals surface area contributed by atoms with Gasteiger partial charge in [0.1, 0.15) is 0 Å². The molecule has 0 saturated carbocycles. The second-order valence-corrected chi connectivity index (χ2v) is 7.72. The second-order valence-electron chi connectivity index (χ2n) is 4.63. The second kappa shape index (κ2) is 7.93. The molecule has 0 rings (SSSR count). The summed E-state index contributed by atoms with van der Waals surface area (Å²) in [5.74, 6) is -11.2. The SMILES string of the molecule is CO[Si](CCCCCC(F)(F)C(F)(F)C(F)(F)F)(OC)OC. The lowest BCUT2D eigenvalue weighted by molar-refractivity contribution is -0.355. The van der Waals surface area contributed by atoms with Crippen molar-refractivity contribution in [3.8, 4) is 0 Å². The minimum Gasteiger partial charge on any atom is -0.377 e. The van der Waals surface area contributed by atoms with E-state index in [9.17, 15) is 30.7 Å². The zero-order chi connectivity index (χ0) is 17.7. The number of unbranched alkanes of at least 4 members (excludes halogenated alkanes) is 2. The maximum Gasteiger partial charge on any atom is 0.500 e. The van der Waals surface area contributed by atoms with Gasteiger partial charge in [0.2, 0.25) is 0 Å². The van der Waals surface area contributed by atoms with Gasteiger partial charge in [-0.3, -0.25) is 0 Å². The minimum absolute atomic E-state index is 0.0222. The van der Waals surface area contributed by atoms with Gasteiger partial charge in [0.15, 0.2) is 0 Å². The number of halogens is 7. The molecule has 0 saturated heterocycles. The molecule has 0 aliphatic rings. The third-order valence-corrected chi connectivity index (χ3v) is 6.05. The number of hydrogen-bond acceptors (Lipinski definition) is 3. The summed E-state index contributed by atoms with van der Waals surface area (Å²) >= 11 is 0. The highest BCUT2D eigenvalue weighted by molar-refractivity contribution is 6.60. The smallest absolute Gasteiger partial charge is 0.377 e. The van der Waals surface area contributed by atoms with Crippen molar-refractivity contribution in [2.75, 3.05) is 21.3 Å². The predicted molar refractivity (Wildman–Crippen MR) is 66.0 cm³/mol. The van der Waals surface area contributed by atoms with Crippen molar-refractivity contribution in [1.82, 2.24) is 0 Å². The lowest BCUT2D eigenvalue weighted by atomic mass is 10.0. The Morgan fingerprint density at radius 1 is 0.727 bits per heavy atom. The quantitative estimate of drug-likeness (QED) is 0.331. The molecule has 0 aromatic carbocycles. The average molecular weight is 360 g/mol. The maximum absolute atomic E-state index is 13.0. The van der Waals surface area contributed by atoms with Crippen LogP contribution in [0.3, 0.4) is 0 Å². The standard InChI is InChI=1S/C11H19F7O3Si/c1-19-22(20-2,21-3)8-6-4-5-7-9(12,13)10(14,15)11(16,17)18/h4-8H2,1-3H3. The molecule has 3 nitrogen and oxygen atoms in total. The molecule has 0 spiro atoms. The fourth-order valence-corrected chi connectivity index (χ4v) is 3.58. The van der Waals surface area contributed by atoms with Crippen LogP contribution < -0.4 is 0 Å². The summed E-state index contributed by atoms with van der Waals surface area (Å²) < 4.78 is 102. The largest absolute Gasteiger partial charge is 0.500 e. The average Bonchev–Trinajstić information content (AvgIpc) is 2.42. The zero-order valence-corrected chi connectivity index (χ0v) is 13.4. The van der Waals surface area contributed by atoms with Gasteiger partial charge in [0.05, 0.1) is 0 Å². The molecule has 22 heavy (non-hydrogen) atoms. The molecule has 0 N–H and O–H groups in total. The monoisotopic (exact) mass is 360 g/mol. The summed E-state index contributed by atoms with van der Waals surface area (Å²) in [6.45, 7) is 0. The molecular weight excluding hydrogens is 341 g/mol. The van der Waals surface area contributed by atoms with E-state index in [0.29, 0.717) is 0 Å². The highest BCUT2D eigenvalue weighted by Crippen LogP contribution is 2.48. The summed E-state index contributed by atoms with van der Waals surface area (Å²) in [6.07, 6.45) is -8.05. The van der Waals surface area contributed by atoms with E-state index in [1.807, 2.05) is 0 Å².